The summed E-state index contributed by atoms with van der Waals surface area (Å²) in [5.74, 6) is -0.644. The monoisotopic (exact) mass is 495 g/mol. The Labute approximate surface area is 203 Å². The number of hydrogen-bond donors (Lipinski definition) is 2. The van der Waals surface area contributed by atoms with Crippen molar-refractivity contribution in [1.29, 1.82) is 0 Å². The number of benzene rings is 3. The Morgan fingerprint density at radius 1 is 0.914 bits per heavy atom. The molecule has 0 aliphatic carbocycles. The van der Waals surface area contributed by atoms with Gasteiger partial charge >= 0.3 is 5.97 Å². The van der Waals surface area contributed by atoms with Gasteiger partial charge in [0.05, 0.1) is 30.3 Å². The van der Waals surface area contributed by atoms with Crippen molar-refractivity contribution in [2.24, 2.45) is 5.10 Å². The molecule has 9 nitrogen and oxygen atoms in total. The highest BCUT2D eigenvalue weighted by Crippen LogP contribution is 2.28. The van der Waals surface area contributed by atoms with E-state index in [2.05, 4.69) is 15.2 Å². The zero-order chi connectivity index (χ0) is 25.4. The van der Waals surface area contributed by atoms with Crippen LogP contribution in [-0.2, 0) is 14.8 Å². The van der Waals surface area contributed by atoms with Crippen molar-refractivity contribution in [3.63, 3.8) is 0 Å². The first kappa shape index (κ1) is 25.6. The average Bonchev–Trinajstić information content (AvgIpc) is 2.84. The van der Waals surface area contributed by atoms with Crippen molar-refractivity contribution in [2.45, 2.75) is 18.7 Å². The highest BCUT2D eigenvalue weighted by molar-refractivity contribution is 7.89. The number of carbonyl (C=O) groups excluding carboxylic acids is 2. The normalized spacial score (nSPS) is 11.3. The Bertz CT molecular complexity index is 1330. The Morgan fingerprint density at radius 2 is 1.54 bits per heavy atom. The lowest BCUT2D eigenvalue weighted by molar-refractivity contribution is -0.119. The van der Waals surface area contributed by atoms with Crippen molar-refractivity contribution < 1.29 is 27.5 Å². The molecule has 3 rings (SSSR count). The van der Waals surface area contributed by atoms with Crippen LogP contribution in [0.2, 0.25) is 0 Å². The third-order valence-corrected chi connectivity index (χ3v) is 6.25. The molecule has 3 aromatic rings. The van der Waals surface area contributed by atoms with Gasteiger partial charge < -0.3 is 9.47 Å². The predicted molar refractivity (Wildman–Crippen MR) is 131 cm³/mol. The molecule has 2 N–H and O–H groups in total. The molecule has 0 spiro atoms. The second-order valence-corrected chi connectivity index (χ2v) is 9.36. The van der Waals surface area contributed by atoms with Crippen molar-refractivity contribution in [2.75, 3.05) is 13.7 Å². The van der Waals surface area contributed by atoms with Crippen LogP contribution in [0.1, 0.15) is 27.0 Å². The Balaban J connectivity index is 1.56. The van der Waals surface area contributed by atoms with E-state index in [1.54, 1.807) is 42.5 Å². The Hall–Kier alpha value is -4.02. The van der Waals surface area contributed by atoms with Crippen LogP contribution in [0.25, 0.3) is 0 Å². The van der Waals surface area contributed by atoms with Crippen molar-refractivity contribution in [1.82, 2.24) is 10.1 Å². The lowest BCUT2D eigenvalue weighted by Crippen LogP contribution is -2.34. The number of nitrogens with one attached hydrogen (secondary N) is 2. The van der Waals surface area contributed by atoms with Crippen LogP contribution in [0.3, 0.4) is 0 Å². The SMILES string of the molecule is COc1cc(C=NNC(=O)CNS(=O)(=O)c2ccc(C)cc2)ccc1OC(=O)c1ccc(C)cc1. The van der Waals surface area contributed by atoms with E-state index in [-0.39, 0.29) is 10.6 Å². The molecule has 0 bridgehead atoms. The van der Waals surface area contributed by atoms with E-state index in [1.807, 2.05) is 26.0 Å². The minimum atomic E-state index is -3.82. The highest BCUT2D eigenvalue weighted by atomic mass is 32.2. The van der Waals surface area contributed by atoms with Gasteiger partial charge in [0, 0.05) is 0 Å². The van der Waals surface area contributed by atoms with Crippen LogP contribution >= 0.6 is 0 Å². The molecule has 182 valence electrons. The summed E-state index contributed by atoms with van der Waals surface area (Å²) in [5, 5.41) is 3.83. The first-order valence-corrected chi connectivity index (χ1v) is 12.0. The van der Waals surface area contributed by atoms with Gasteiger partial charge in [0.1, 0.15) is 0 Å². The maximum Gasteiger partial charge on any atom is 0.343 e. The van der Waals surface area contributed by atoms with E-state index in [9.17, 15) is 18.0 Å². The minimum Gasteiger partial charge on any atom is -0.493 e. The third-order valence-electron chi connectivity index (χ3n) is 4.83. The molecule has 0 saturated carbocycles. The molecule has 0 fully saturated rings. The van der Waals surface area contributed by atoms with Crippen molar-refractivity contribution >= 4 is 28.1 Å². The number of hydrogen-bond acceptors (Lipinski definition) is 7. The van der Waals surface area contributed by atoms with Gasteiger partial charge in [-0.15, -0.1) is 0 Å². The maximum absolute atomic E-state index is 12.4. The average molecular weight is 496 g/mol. The molecular weight excluding hydrogens is 470 g/mol. The lowest BCUT2D eigenvalue weighted by Gasteiger charge is -2.10. The zero-order valence-electron chi connectivity index (χ0n) is 19.4. The number of aryl methyl sites for hydroxylation is 2. The smallest absolute Gasteiger partial charge is 0.343 e. The van der Waals surface area contributed by atoms with Crippen molar-refractivity contribution in [3.05, 3.63) is 89.0 Å². The summed E-state index contributed by atoms with van der Waals surface area (Å²) in [7, 11) is -2.38. The number of sulfonamides is 1. The second kappa shape index (κ2) is 11.4. The molecule has 3 aromatic carbocycles. The molecule has 0 heterocycles. The van der Waals surface area contributed by atoms with Gasteiger partial charge in [-0.3, -0.25) is 4.79 Å². The quantitative estimate of drug-likeness (QED) is 0.204. The predicted octanol–water partition coefficient (Wildman–Crippen LogP) is 2.96. The van der Waals surface area contributed by atoms with Crippen LogP contribution in [0.5, 0.6) is 11.5 Å². The summed E-state index contributed by atoms with van der Waals surface area (Å²) < 4.78 is 37.4. The zero-order valence-corrected chi connectivity index (χ0v) is 20.3. The van der Waals surface area contributed by atoms with E-state index >= 15 is 0 Å². The number of hydrazone groups is 1. The Kier molecular flexibility index (Phi) is 8.34. The highest BCUT2D eigenvalue weighted by Gasteiger charge is 2.15. The fourth-order valence-electron chi connectivity index (χ4n) is 2.88. The topological polar surface area (TPSA) is 123 Å². The number of methoxy groups -OCH3 is 1. The third kappa shape index (κ3) is 7.23. The number of esters is 1. The van der Waals surface area contributed by atoms with Gasteiger partial charge in [0.15, 0.2) is 11.5 Å². The van der Waals surface area contributed by atoms with E-state index < -0.39 is 28.4 Å². The summed E-state index contributed by atoms with van der Waals surface area (Å²) >= 11 is 0. The van der Waals surface area contributed by atoms with Crippen LogP contribution in [-0.4, -0.2) is 40.2 Å². The van der Waals surface area contributed by atoms with Crippen LogP contribution in [0.15, 0.2) is 76.7 Å². The molecule has 10 heteroatoms. The molecule has 0 aliphatic heterocycles. The van der Waals surface area contributed by atoms with E-state index in [4.69, 9.17) is 9.47 Å². The fraction of sp³-hybridized carbons (Fsp3) is 0.160. The lowest BCUT2D eigenvalue weighted by atomic mass is 10.1. The molecule has 0 saturated heterocycles. The first-order chi connectivity index (χ1) is 16.7. The standard InChI is InChI=1S/C25H25N3O6S/c1-17-4-9-20(10-5-17)25(30)34-22-13-8-19(14-23(22)33-3)15-26-28-24(29)16-27-35(31,32)21-11-6-18(2)7-12-21/h4-15,27H,16H2,1-3H3,(H,28,29). The van der Waals surface area contributed by atoms with Crippen LogP contribution < -0.4 is 19.6 Å². The van der Waals surface area contributed by atoms with Gasteiger partial charge in [0.2, 0.25) is 10.0 Å². The van der Waals surface area contributed by atoms with Gasteiger partial charge in [-0.25, -0.2) is 23.4 Å². The molecular formula is C25H25N3O6S. The van der Waals surface area contributed by atoms with E-state index in [0.717, 1.165) is 11.1 Å². The first-order valence-electron chi connectivity index (χ1n) is 10.5. The molecule has 0 atom stereocenters. The van der Waals surface area contributed by atoms with Gasteiger partial charge in [-0.1, -0.05) is 35.4 Å². The molecule has 0 aromatic heterocycles. The Morgan fingerprint density at radius 3 is 2.17 bits per heavy atom. The summed E-state index contributed by atoms with van der Waals surface area (Å²) in [6, 6.07) is 18.0. The number of rotatable bonds is 9. The number of nitrogens with zero attached hydrogens (tertiary/aromatic N) is 1. The van der Waals surface area contributed by atoms with E-state index in [1.165, 1.54) is 25.5 Å². The summed E-state index contributed by atoms with van der Waals surface area (Å²) in [6.07, 6.45) is 1.35. The molecule has 0 unspecified atom stereocenters. The fourth-order valence-corrected chi connectivity index (χ4v) is 3.86. The van der Waals surface area contributed by atoms with Crippen LogP contribution in [0.4, 0.5) is 0 Å². The van der Waals surface area contributed by atoms with Gasteiger partial charge in [-0.2, -0.15) is 5.10 Å². The number of carbonyl (C=O) groups is 2. The summed E-state index contributed by atoms with van der Waals surface area (Å²) in [6.45, 7) is 3.28. The second-order valence-electron chi connectivity index (χ2n) is 7.60. The minimum absolute atomic E-state index is 0.0645. The van der Waals surface area contributed by atoms with Crippen molar-refractivity contribution in [3.8, 4) is 11.5 Å². The maximum atomic E-state index is 12.4. The summed E-state index contributed by atoms with van der Waals surface area (Å²) in [4.78, 5) is 24.4. The number of ether oxygens (including phenoxy) is 2. The molecule has 1 amide bonds. The van der Waals surface area contributed by atoms with Crippen LogP contribution in [0, 0.1) is 13.8 Å². The van der Waals surface area contributed by atoms with E-state index in [0.29, 0.717) is 16.9 Å². The molecule has 35 heavy (non-hydrogen) atoms. The van der Waals surface area contributed by atoms with Gasteiger partial charge in [-0.05, 0) is 61.9 Å². The molecule has 0 aliphatic rings. The number of amides is 1. The largest absolute Gasteiger partial charge is 0.493 e. The summed E-state index contributed by atoms with van der Waals surface area (Å²) in [5.41, 5.74) is 5.16. The molecule has 0 radical (unpaired) electrons. The van der Waals surface area contributed by atoms with Gasteiger partial charge in [0.25, 0.3) is 5.91 Å².